The first kappa shape index (κ1) is 17.9. The van der Waals surface area contributed by atoms with Gasteiger partial charge in [0.1, 0.15) is 0 Å². The highest BCUT2D eigenvalue weighted by atomic mass is 32.1. The summed E-state index contributed by atoms with van der Waals surface area (Å²) in [6.07, 6.45) is 0. The summed E-state index contributed by atoms with van der Waals surface area (Å²) in [5, 5.41) is 4.61. The summed E-state index contributed by atoms with van der Waals surface area (Å²) >= 11 is 1.66. The van der Waals surface area contributed by atoms with Gasteiger partial charge in [-0.1, -0.05) is 81.4 Å². The molecule has 0 saturated carbocycles. The second kappa shape index (κ2) is 7.16. The van der Waals surface area contributed by atoms with E-state index in [9.17, 15) is 0 Å². The van der Waals surface area contributed by atoms with Crippen LogP contribution in [0.25, 0.3) is 0 Å². The monoisotopic (exact) mass is 367 g/mol. The Labute approximate surface area is 155 Å². The molecule has 0 fully saturated rings. The Morgan fingerprint density at radius 3 is 1.80 bits per heavy atom. The first-order valence-electron chi connectivity index (χ1n) is 8.52. The predicted molar refractivity (Wildman–Crippen MR) is 111 cm³/mol. The van der Waals surface area contributed by atoms with Crippen LogP contribution in [0.3, 0.4) is 0 Å². The summed E-state index contributed by atoms with van der Waals surface area (Å²) in [5.41, 5.74) is 6.92. The number of benzene rings is 2. The Morgan fingerprint density at radius 1 is 0.880 bits per heavy atom. The predicted octanol–water partition coefficient (Wildman–Crippen LogP) is 4.41. The van der Waals surface area contributed by atoms with Gasteiger partial charge in [0.2, 0.25) is 0 Å². The molecule has 3 aromatic rings. The van der Waals surface area contributed by atoms with E-state index in [-0.39, 0.29) is 5.04 Å². The molecule has 0 atom stereocenters. The molecule has 0 radical (unpaired) electrons. The molecule has 0 spiro atoms. The van der Waals surface area contributed by atoms with Crippen molar-refractivity contribution in [2.75, 3.05) is 5.73 Å². The lowest BCUT2D eigenvalue weighted by molar-refractivity contribution is 0.290. The molecule has 4 heteroatoms. The fraction of sp³-hybridized carbons (Fsp3) is 0.238. The van der Waals surface area contributed by atoms with Gasteiger partial charge >= 0.3 is 0 Å². The van der Waals surface area contributed by atoms with Crippen LogP contribution in [-0.2, 0) is 11.0 Å². The van der Waals surface area contributed by atoms with E-state index in [2.05, 4.69) is 81.4 Å². The van der Waals surface area contributed by atoms with Crippen LogP contribution in [0.1, 0.15) is 25.6 Å². The zero-order chi connectivity index (χ0) is 17.9. The zero-order valence-electron chi connectivity index (χ0n) is 15.0. The maximum absolute atomic E-state index is 6.86. The highest BCUT2D eigenvalue weighted by Crippen LogP contribution is 2.37. The Hall–Kier alpha value is -1.88. The summed E-state index contributed by atoms with van der Waals surface area (Å²) in [6.45, 7) is 7.42. The van der Waals surface area contributed by atoms with Crippen LogP contribution in [0.2, 0.25) is 5.04 Å². The van der Waals surface area contributed by atoms with Crippen molar-refractivity contribution < 1.29 is 4.43 Å². The first-order chi connectivity index (χ1) is 11.9. The van der Waals surface area contributed by atoms with E-state index in [4.69, 9.17) is 10.2 Å². The molecule has 0 saturated heterocycles. The van der Waals surface area contributed by atoms with E-state index in [0.717, 1.165) is 10.6 Å². The summed E-state index contributed by atoms with van der Waals surface area (Å²) in [5.74, 6) is 0. The highest BCUT2D eigenvalue weighted by molar-refractivity contribution is 7.10. The summed E-state index contributed by atoms with van der Waals surface area (Å²) in [6, 6.07) is 23.3. The molecule has 1 aromatic heterocycles. The first-order valence-corrected chi connectivity index (χ1v) is 11.3. The van der Waals surface area contributed by atoms with E-state index < -0.39 is 8.32 Å². The molecule has 0 bridgehead atoms. The second-order valence-corrected chi connectivity index (χ2v) is 12.6. The number of rotatable bonds is 5. The van der Waals surface area contributed by atoms with Gasteiger partial charge in [0.25, 0.3) is 8.32 Å². The Bertz CT molecular complexity index is 769. The minimum absolute atomic E-state index is 0.0122. The molecular formula is C21H25NOSSi. The Morgan fingerprint density at radius 2 is 1.40 bits per heavy atom. The van der Waals surface area contributed by atoms with Gasteiger partial charge in [-0.25, -0.2) is 0 Å². The molecule has 0 amide bonds. The van der Waals surface area contributed by atoms with Crippen LogP contribution in [-0.4, -0.2) is 8.32 Å². The van der Waals surface area contributed by atoms with Gasteiger partial charge in [-0.15, -0.1) is 11.3 Å². The molecule has 25 heavy (non-hydrogen) atoms. The van der Waals surface area contributed by atoms with Gasteiger partial charge in [0.05, 0.1) is 11.5 Å². The Balaban J connectivity index is 2.13. The largest absolute Gasteiger partial charge is 0.402 e. The molecule has 0 aliphatic heterocycles. The normalized spacial score (nSPS) is 12.3. The van der Waals surface area contributed by atoms with Crippen LogP contribution >= 0.6 is 11.3 Å². The van der Waals surface area contributed by atoms with Crippen molar-refractivity contribution in [3.8, 4) is 0 Å². The minimum atomic E-state index is -2.48. The van der Waals surface area contributed by atoms with Crippen molar-refractivity contribution in [3.63, 3.8) is 0 Å². The van der Waals surface area contributed by atoms with Crippen LogP contribution < -0.4 is 16.1 Å². The molecule has 2 nitrogen and oxygen atoms in total. The molecule has 0 aliphatic carbocycles. The van der Waals surface area contributed by atoms with Gasteiger partial charge in [-0.3, -0.25) is 0 Å². The third-order valence-electron chi connectivity index (χ3n) is 4.62. The van der Waals surface area contributed by atoms with E-state index in [1.165, 1.54) is 10.4 Å². The van der Waals surface area contributed by atoms with Crippen molar-refractivity contribution >= 4 is 35.7 Å². The van der Waals surface area contributed by atoms with Crippen LogP contribution in [0, 0.1) is 0 Å². The van der Waals surface area contributed by atoms with E-state index >= 15 is 0 Å². The van der Waals surface area contributed by atoms with Gasteiger partial charge in [0, 0.05) is 5.69 Å². The molecule has 2 N–H and O–H groups in total. The van der Waals surface area contributed by atoms with Crippen molar-refractivity contribution in [2.45, 2.75) is 32.4 Å². The number of hydrogen-bond acceptors (Lipinski definition) is 3. The minimum Gasteiger partial charge on any atom is -0.402 e. The van der Waals surface area contributed by atoms with Crippen LogP contribution in [0.4, 0.5) is 5.69 Å². The van der Waals surface area contributed by atoms with E-state index in [0.29, 0.717) is 6.61 Å². The molecule has 3 rings (SSSR count). The van der Waals surface area contributed by atoms with Gasteiger partial charge in [0.15, 0.2) is 0 Å². The lowest BCUT2D eigenvalue weighted by atomic mass is 10.2. The maximum Gasteiger partial charge on any atom is 0.261 e. The van der Waals surface area contributed by atoms with Gasteiger partial charge < -0.3 is 10.2 Å². The smallest absolute Gasteiger partial charge is 0.261 e. The zero-order valence-corrected chi connectivity index (χ0v) is 16.8. The molecule has 0 unspecified atom stereocenters. The third-order valence-corrected chi connectivity index (χ3v) is 10.5. The highest BCUT2D eigenvalue weighted by Gasteiger charge is 2.50. The number of nitrogen functional groups attached to an aromatic ring is 1. The van der Waals surface area contributed by atoms with Gasteiger partial charge in [-0.05, 0) is 26.9 Å². The fourth-order valence-corrected chi connectivity index (χ4v) is 8.73. The van der Waals surface area contributed by atoms with Crippen LogP contribution in [0.15, 0.2) is 72.1 Å². The average molecular weight is 368 g/mol. The van der Waals surface area contributed by atoms with Crippen molar-refractivity contribution in [1.29, 1.82) is 0 Å². The van der Waals surface area contributed by atoms with Gasteiger partial charge in [-0.2, -0.15) is 0 Å². The quantitative estimate of drug-likeness (QED) is 0.678. The SMILES string of the molecule is CC(C)(C)[Si](OCc1sccc1N)(c1ccccc1)c1ccccc1. The lowest BCUT2D eigenvalue weighted by Gasteiger charge is -2.43. The second-order valence-electron chi connectivity index (χ2n) is 7.25. The number of thiophene rings is 1. The summed E-state index contributed by atoms with van der Waals surface area (Å²) in [7, 11) is -2.48. The number of anilines is 1. The van der Waals surface area contributed by atoms with Crippen molar-refractivity contribution in [1.82, 2.24) is 0 Å². The average Bonchev–Trinajstić information content (AvgIpc) is 3.01. The fourth-order valence-electron chi connectivity index (χ4n) is 3.40. The molecule has 2 aromatic carbocycles. The maximum atomic E-state index is 6.86. The number of hydrogen-bond donors (Lipinski definition) is 1. The standard InChI is InChI=1S/C21H25NOSSi/c1-21(2,3)25(17-10-6-4-7-11-17,18-12-8-5-9-13-18)23-16-20-19(22)14-15-24-20/h4-15H,16,22H2,1-3H3. The van der Waals surface area contributed by atoms with Crippen LogP contribution in [0.5, 0.6) is 0 Å². The summed E-state index contributed by atoms with van der Waals surface area (Å²) < 4.78 is 6.86. The Kier molecular flexibility index (Phi) is 5.13. The number of nitrogens with two attached hydrogens (primary N) is 1. The van der Waals surface area contributed by atoms with Crippen molar-refractivity contribution in [2.24, 2.45) is 0 Å². The lowest BCUT2D eigenvalue weighted by Crippen LogP contribution is -2.66. The molecule has 130 valence electrons. The van der Waals surface area contributed by atoms with E-state index in [1.54, 1.807) is 11.3 Å². The third kappa shape index (κ3) is 3.43. The topological polar surface area (TPSA) is 35.2 Å². The molecule has 0 aliphatic rings. The van der Waals surface area contributed by atoms with Crippen molar-refractivity contribution in [3.05, 3.63) is 77.0 Å². The van der Waals surface area contributed by atoms with E-state index in [1.807, 2.05) is 11.4 Å². The molecular weight excluding hydrogens is 342 g/mol. The molecule has 1 heterocycles. The summed E-state index contributed by atoms with van der Waals surface area (Å²) in [4.78, 5) is 1.10.